The Bertz CT molecular complexity index is 1320. The number of nitriles is 1. The van der Waals surface area contributed by atoms with Gasteiger partial charge >= 0.3 is 6.18 Å². The van der Waals surface area contributed by atoms with Crippen molar-refractivity contribution in [2.75, 3.05) is 0 Å². The third-order valence-electron chi connectivity index (χ3n) is 5.48. The second-order valence-electron chi connectivity index (χ2n) is 8.59. The molecule has 0 bridgehead atoms. The molecule has 3 aromatic rings. The number of Topliss-reactive ketones (excluding diaryl/α,β-unsaturated/α-hetero) is 1. The first-order valence-electron chi connectivity index (χ1n) is 11.7. The first-order chi connectivity index (χ1) is 18.5. The van der Waals surface area contributed by atoms with Crippen molar-refractivity contribution in [3.8, 4) is 16.6 Å². The Labute approximate surface area is 229 Å². The molecule has 0 aliphatic rings. The first kappa shape index (κ1) is 29.9. The van der Waals surface area contributed by atoms with Gasteiger partial charge in [0, 0.05) is 23.6 Å². The quantitative estimate of drug-likeness (QED) is 0.274. The summed E-state index contributed by atoms with van der Waals surface area (Å²) in [7, 11) is 0. The zero-order valence-corrected chi connectivity index (χ0v) is 22.2. The summed E-state index contributed by atoms with van der Waals surface area (Å²) in [6.45, 7) is 1.49. The second-order valence-corrected chi connectivity index (χ2v) is 10.5. The maximum atomic E-state index is 13.1. The van der Waals surface area contributed by atoms with Crippen LogP contribution in [0.3, 0.4) is 0 Å². The maximum Gasteiger partial charge on any atom is 0.389 e. The summed E-state index contributed by atoms with van der Waals surface area (Å²) in [4.78, 5) is 47.1. The summed E-state index contributed by atoms with van der Waals surface area (Å²) in [6.07, 6.45) is -4.67. The molecule has 14 heteroatoms. The van der Waals surface area contributed by atoms with E-state index in [1.165, 1.54) is 24.7 Å². The van der Waals surface area contributed by atoms with Gasteiger partial charge in [0.2, 0.25) is 11.7 Å². The normalized spacial score (nSPS) is 13.6. The molecule has 2 unspecified atom stereocenters. The van der Waals surface area contributed by atoms with E-state index in [4.69, 9.17) is 5.26 Å². The molecular formula is C25H24F3N5O4S2. The van der Waals surface area contributed by atoms with Gasteiger partial charge in [-0.05, 0) is 38.3 Å². The van der Waals surface area contributed by atoms with Crippen molar-refractivity contribution in [1.29, 1.82) is 5.26 Å². The average molecular weight is 580 g/mol. The van der Waals surface area contributed by atoms with Crippen LogP contribution in [0.1, 0.15) is 57.6 Å². The van der Waals surface area contributed by atoms with Crippen molar-refractivity contribution in [2.24, 2.45) is 0 Å². The molecule has 0 radical (unpaired) electrons. The second kappa shape index (κ2) is 13.4. The van der Waals surface area contributed by atoms with E-state index >= 15 is 0 Å². The Kier molecular flexibility index (Phi) is 10.3. The smallest absolute Gasteiger partial charge is 0.389 e. The van der Waals surface area contributed by atoms with E-state index in [0.29, 0.717) is 16.1 Å². The van der Waals surface area contributed by atoms with E-state index in [2.05, 4.69) is 20.6 Å². The molecule has 206 valence electrons. The molecule has 2 heterocycles. The number of aromatic nitrogens is 2. The Morgan fingerprint density at radius 3 is 2.38 bits per heavy atom. The molecule has 3 atom stereocenters. The van der Waals surface area contributed by atoms with Gasteiger partial charge < -0.3 is 15.7 Å². The van der Waals surface area contributed by atoms with Crippen molar-refractivity contribution in [2.45, 2.75) is 57.0 Å². The highest BCUT2D eigenvalue weighted by atomic mass is 32.1. The Hall–Kier alpha value is -3.67. The van der Waals surface area contributed by atoms with E-state index in [1.807, 2.05) is 6.07 Å². The molecule has 0 saturated carbocycles. The number of nitrogens with zero attached hydrogens (tertiary/aromatic N) is 3. The lowest BCUT2D eigenvalue weighted by atomic mass is 10.0. The molecule has 0 aliphatic heterocycles. The first-order valence-corrected chi connectivity index (χ1v) is 13.4. The number of carbonyl (C=O) groups is 3. The highest BCUT2D eigenvalue weighted by Gasteiger charge is 2.34. The van der Waals surface area contributed by atoms with E-state index in [0.717, 1.165) is 22.7 Å². The summed E-state index contributed by atoms with van der Waals surface area (Å²) >= 11 is 1.98. The van der Waals surface area contributed by atoms with E-state index in [-0.39, 0.29) is 22.7 Å². The number of amides is 2. The standard InChI is InChI=1S/C25H24F3N5O4S2/c1-14(34)2-7-18(21(36)32-17(8-9-25(26,27)28)20(35)24-30-10-11-38-24)33-22(37)19-13-31-23(39-19)16-5-3-15(12-29)4-6-16/h3-6,10-11,13-14,17-18,34H,2,7-9H2,1H3,(H,32,36)(H,33,37)/t14?,17-,18?/m0/s1. The molecule has 0 saturated heterocycles. The van der Waals surface area contributed by atoms with E-state index < -0.39 is 54.8 Å². The zero-order chi connectivity index (χ0) is 28.6. The van der Waals surface area contributed by atoms with Crippen LogP contribution in [0, 0.1) is 11.3 Å². The third kappa shape index (κ3) is 8.95. The number of aliphatic hydroxyl groups excluding tert-OH is 1. The van der Waals surface area contributed by atoms with Crippen LogP contribution in [0.2, 0.25) is 0 Å². The van der Waals surface area contributed by atoms with Crippen LogP contribution in [0.5, 0.6) is 0 Å². The summed E-state index contributed by atoms with van der Waals surface area (Å²) in [5.41, 5.74) is 1.14. The van der Waals surface area contributed by atoms with Crippen molar-refractivity contribution >= 4 is 40.3 Å². The van der Waals surface area contributed by atoms with Gasteiger partial charge in [0.1, 0.15) is 15.9 Å². The average Bonchev–Trinajstić information content (AvgIpc) is 3.61. The summed E-state index contributed by atoms with van der Waals surface area (Å²) in [5.74, 6) is -2.29. The zero-order valence-electron chi connectivity index (χ0n) is 20.6. The van der Waals surface area contributed by atoms with Gasteiger partial charge in [0.15, 0.2) is 5.01 Å². The van der Waals surface area contributed by atoms with Gasteiger partial charge in [-0.15, -0.1) is 22.7 Å². The molecule has 0 fully saturated rings. The SMILES string of the molecule is CC(O)CCC(NC(=O)c1cnc(-c2ccc(C#N)cc2)s1)C(=O)N[C@@H](CCC(F)(F)F)C(=O)c1nccs1. The molecule has 3 N–H and O–H groups in total. The number of carbonyl (C=O) groups excluding carboxylic acids is 3. The molecule has 9 nitrogen and oxygen atoms in total. The summed E-state index contributed by atoms with van der Waals surface area (Å²) in [6, 6.07) is 5.82. The predicted octanol–water partition coefficient (Wildman–Crippen LogP) is 4.11. The Balaban J connectivity index is 1.76. The number of rotatable bonds is 12. The predicted molar refractivity (Wildman–Crippen MR) is 138 cm³/mol. The minimum absolute atomic E-state index is 0.0338. The van der Waals surface area contributed by atoms with Crippen LogP contribution in [-0.4, -0.2) is 57.0 Å². The lowest BCUT2D eigenvalue weighted by molar-refractivity contribution is -0.137. The van der Waals surface area contributed by atoms with E-state index in [1.54, 1.807) is 24.3 Å². The molecule has 0 spiro atoms. The number of ketones is 1. The minimum atomic E-state index is -4.55. The maximum absolute atomic E-state index is 13.1. The summed E-state index contributed by atoms with van der Waals surface area (Å²) < 4.78 is 38.7. The van der Waals surface area contributed by atoms with Crippen LogP contribution in [0.4, 0.5) is 13.2 Å². The van der Waals surface area contributed by atoms with Gasteiger partial charge in [-0.3, -0.25) is 14.4 Å². The highest BCUT2D eigenvalue weighted by Crippen LogP contribution is 2.26. The number of thiazole rings is 2. The molecular weight excluding hydrogens is 555 g/mol. The lowest BCUT2D eigenvalue weighted by Crippen LogP contribution is -2.52. The lowest BCUT2D eigenvalue weighted by Gasteiger charge is -2.23. The fourth-order valence-corrected chi connectivity index (χ4v) is 4.90. The fraction of sp³-hybridized carbons (Fsp3) is 0.360. The minimum Gasteiger partial charge on any atom is -0.393 e. The summed E-state index contributed by atoms with van der Waals surface area (Å²) in [5, 5.41) is 25.5. The monoisotopic (exact) mass is 579 g/mol. The number of benzene rings is 1. The van der Waals surface area contributed by atoms with Crippen LogP contribution < -0.4 is 10.6 Å². The number of hydrogen-bond donors (Lipinski definition) is 3. The molecule has 39 heavy (non-hydrogen) atoms. The largest absolute Gasteiger partial charge is 0.393 e. The number of hydrogen-bond acceptors (Lipinski definition) is 9. The number of halogens is 3. The topological polar surface area (TPSA) is 145 Å². The Morgan fingerprint density at radius 1 is 1.08 bits per heavy atom. The van der Waals surface area contributed by atoms with Crippen LogP contribution in [-0.2, 0) is 4.79 Å². The highest BCUT2D eigenvalue weighted by molar-refractivity contribution is 7.16. The molecule has 1 aromatic carbocycles. The van der Waals surface area contributed by atoms with Crippen molar-refractivity contribution in [3.63, 3.8) is 0 Å². The Morgan fingerprint density at radius 2 is 1.79 bits per heavy atom. The molecule has 2 amide bonds. The van der Waals surface area contributed by atoms with Gasteiger partial charge in [0.25, 0.3) is 5.91 Å². The molecule has 3 rings (SSSR count). The van der Waals surface area contributed by atoms with E-state index in [9.17, 15) is 32.7 Å². The number of alkyl halides is 3. The van der Waals surface area contributed by atoms with Crippen molar-refractivity contribution < 1.29 is 32.7 Å². The van der Waals surface area contributed by atoms with Crippen LogP contribution in [0.25, 0.3) is 10.6 Å². The fourth-order valence-electron chi connectivity index (χ4n) is 3.45. The van der Waals surface area contributed by atoms with Gasteiger partial charge in [-0.1, -0.05) is 12.1 Å². The van der Waals surface area contributed by atoms with Crippen LogP contribution in [0.15, 0.2) is 42.0 Å². The van der Waals surface area contributed by atoms with Crippen molar-refractivity contribution in [3.05, 3.63) is 57.5 Å². The van der Waals surface area contributed by atoms with Crippen LogP contribution >= 0.6 is 22.7 Å². The van der Waals surface area contributed by atoms with Gasteiger partial charge in [0.05, 0.1) is 30.0 Å². The third-order valence-corrected chi connectivity index (χ3v) is 7.31. The van der Waals surface area contributed by atoms with Gasteiger partial charge in [-0.2, -0.15) is 18.4 Å². The van der Waals surface area contributed by atoms with Crippen molar-refractivity contribution in [1.82, 2.24) is 20.6 Å². The van der Waals surface area contributed by atoms with Gasteiger partial charge in [-0.25, -0.2) is 9.97 Å². The number of aliphatic hydroxyl groups is 1. The molecule has 0 aliphatic carbocycles. The number of nitrogens with one attached hydrogen (secondary N) is 2. The molecule has 2 aromatic heterocycles.